The second kappa shape index (κ2) is 5.69. The van der Waals surface area contributed by atoms with Crippen LogP contribution in [-0.2, 0) is 0 Å². The van der Waals surface area contributed by atoms with Gasteiger partial charge in [-0.15, -0.1) is 0 Å². The molecule has 1 aromatic heterocycles. The highest BCUT2D eigenvalue weighted by Crippen LogP contribution is 2.23. The zero-order valence-corrected chi connectivity index (χ0v) is 10.4. The molecule has 90 valence electrons. The van der Waals surface area contributed by atoms with Crippen LogP contribution in [0.5, 0.6) is 0 Å². The fraction of sp³-hybridized carbons (Fsp3) is 0.333. The molecule has 1 N–H and O–H groups in total. The number of benzene rings is 1. The average Bonchev–Trinajstić information content (AvgIpc) is 2.90. The summed E-state index contributed by atoms with van der Waals surface area (Å²) in [6.07, 6.45) is 4.59. The quantitative estimate of drug-likeness (QED) is 0.838. The highest BCUT2D eigenvalue weighted by molar-refractivity contribution is 5.62. The molecule has 0 saturated heterocycles. The van der Waals surface area contributed by atoms with Gasteiger partial charge in [0.1, 0.15) is 0 Å². The van der Waals surface area contributed by atoms with E-state index < -0.39 is 0 Å². The summed E-state index contributed by atoms with van der Waals surface area (Å²) in [7, 11) is 0. The van der Waals surface area contributed by atoms with Crippen LogP contribution in [0.25, 0.3) is 11.1 Å². The lowest BCUT2D eigenvalue weighted by molar-refractivity contribution is 0.537. The molecule has 0 saturated carbocycles. The monoisotopic (exact) mass is 229 g/mol. The lowest BCUT2D eigenvalue weighted by atomic mass is 10.0. The fourth-order valence-corrected chi connectivity index (χ4v) is 2.08. The Balaban J connectivity index is 2.17. The molecule has 1 unspecified atom stereocenters. The van der Waals surface area contributed by atoms with E-state index in [-0.39, 0.29) is 0 Å². The van der Waals surface area contributed by atoms with E-state index in [1.54, 1.807) is 12.5 Å². The molecular formula is C15H19NO. The predicted molar refractivity (Wildman–Crippen MR) is 70.9 cm³/mol. The van der Waals surface area contributed by atoms with Crippen molar-refractivity contribution in [1.29, 1.82) is 0 Å². The Kier molecular flexibility index (Phi) is 3.99. The summed E-state index contributed by atoms with van der Waals surface area (Å²) in [6.45, 7) is 5.35. The molecule has 0 aliphatic carbocycles. The van der Waals surface area contributed by atoms with Gasteiger partial charge in [-0.1, -0.05) is 38.1 Å². The van der Waals surface area contributed by atoms with Crippen LogP contribution in [0.4, 0.5) is 0 Å². The second-order valence-corrected chi connectivity index (χ2v) is 4.15. The van der Waals surface area contributed by atoms with E-state index >= 15 is 0 Å². The first kappa shape index (κ1) is 11.9. The fourth-order valence-electron chi connectivity index (χ4n) is 2.08. The number of nitrogens with one attached hydrogen (secondary N) is 1. The van der Waals surface area contributed by atoms with E-state index in [0.717, 1.165) is 18.5 Å². The molecule has 2 nitrogen and oxygen atoms in total. The summed E-state index contributed by atoms with van der Waals surface area (Å²) in [5.74, 6) is 0. The molecular weight excluding hydrogens is 210 g/mol. The van der Waals surface area contributed by atoms with Gasteiger partial charge in [-0.3, -0.25) is 0 Å². The Morgan fingerprint density at radius 2 is 1.82 bits per heavy atom. The van der Waals surface area contributed by atoms with Crippen LogP contribution in [0, 0.1) is 0 Å². The zero-order valence-electron chi connectivity index (χ0n) is 10.4. The molecule has 17 heavy (non-hydrogen) atoms. The predicted octanol–water partition coefficient (Wildman–Crippen LogP) is 4.01. The van der Waals surface area contributed by atoms with Gasteiger partial charge in [0.2, 0.25) is 0 Å². The first-order valence-corrected chi connectivity index (χ1v) is 6.21. The highest BCUT2D eigenvalue weighted by atomic mass is 16.3. The van der Waals surface area contributed by atoms with Crippen LogP contribution in [0.1, 0.15) is 31.9 Å². The van der Waals surface area contributed by atoms with Crippen molar-refractivity contribution in [1.82, 2.24) is 5.32 Å². The number of furan rings is 1. The van der Waals surface area contributed by atoms with E-state index in [2.05, 4.69) is 43.4 Å². The van der Waals surface area contributed by atoms with Gasteiger partial charge in [0.25, 0.3) is 0 Å². The summed E-state index contributed by atoms with van der Waals surface area (Å²) in [4.78, 5) is 0. The molecule has 0 radical (unpaired) electrons. The van der Waals surface area contributed by atoms with E-state index in [1.807, 2.05) is 6.07 Å². The van der Waals surface area contributed by atoms with Gasteiger partial charge in [0.15, 0.2) is 0 Å². The van der Waals surface area contributed by atoms with Crippen molar-refractivity contribution in [2.24, 2.45) is 0 Å². The van der Waals surface area contributed by atoms with Crippen molar-refractivity contribution < 1.29 is 4.42 Å². The normalized spacial score (nSPS) is 12.6. The van der Waals surface area contributed by atoms with Crippen molar-refractivity contribution >= 4 is 0 Å². The Morgan fingerprint density at radius 3 is 2.35 bits per heavy atom. The molecule has 0 aliphatic rings. The lowest BCUT2D eigenvalue weighted by Crippen LogP contribution is -2.19. The van der Waals surface area contributed by atoms with Gasteiger partial charge in [0, 0.05) is 11.6 Å². The van der Waals surface area contributed by atoms with Crippen molar-refractivity contribution in [3.05, 3.63) is 48.4 Å². The van der Waals surface area contributed by atoms with Crippen molar-refractivity contribution in [2.45, 2.75) is 26.3 Å². The van der Waals surface area contributed by atoms with Gasteiger partial charge in [0.05, 0.1) is 12.5 Å². The molecule has 2 rings (SSSR count). The van der Waals surface area contributed by atoms with Crippen LogP contribution in [-0.4, -0.2) is 6.54 Å². The van der Waals surface area contributed by atoms with E-state index in [9.17, 15) is 0 Å². The Morgan fingerprint density at radius 1 is 1.06 bits per heavy atom. The summed E-state index contributed by atoms with van der Waals surface area (Å²) >= 11 is 0. The maximum absolute atomic E-state index is 5.09. The molecule has 0 spiro atoms. The van der Waals surface area contributed by atoms with Crippen molar-refractivity contribution in [2.75, 3.05) is 6.54 Å². The third-order valence-corrected chi connectivity index (χ3v) is 3.03. The Bertz CT molecular complexity index is 430. The smallest absolute Gasteiger partial charge is 0.0980 e. The minimum atomic E-state index is 0.457. The number of rotatable bonds is 5. The van der Waals surface area contributed by atoms with Crippen LogP contribution in [0.15, 0.2) is 47.3 Å². The van der Waals surface area contributed by atoms with Crippen LogP contribution >= 0.6 is 0 Å². The Labute approximate surface area is 103 Å². The van der Waals surface area contributed by atoms with Gasteiger partial charge in [-0.25, -0.2) is 0 Å². The molecule has 0 fully saturated rings. The first-order chi connectivity index (χ1) is 8.35. The van der Waals surface area contributed by atoms with E-state index in [4.69, 9.17) is 4.42 Å². The van der Waals surface area contributed by atoms with Gasteiger partial charge in [-0.05, 0) is 30.2 Å². The molecule has 2 heteroatoms. The van der Waals surface area contributed by atoms with Gasteiger partial charge < -0.3 is 9.73 Å². The van der Waals surface area contributed by atoms with Gasteiger partial charge >= 0.3 is 0 Å². The van der Waals surface area contributed by atoms with Crippen LogP contribution < -0.4 is 5.32 Å². The van der Waals surface area contributed by atoms with E-state index in [1.165, 1.54) is 11.1 Å². The van der Waals surface area contributed by atoms with Gasteiger partial charge in [-0.2, -0.15) is 0 Å². The third-order valence-electron chi connectivity index (χ3n) is 3.03. The average molecular weight is 229 g/mol. The molecule has 2 aromatic rings. The molecule has 0 amide bonds. The largest absolute Gasteiger partial charge is 0.472 e. The second-order valence-electron chi connectivity index (χ2n) is 4.15. The summed E-state index contributed by atoms with van der Waals surface area (Å²) in [5.41, 5.74) is 3.68. The highest BCUT2D eigenvalue weighted by Gasteiger charge is 2.07. The van der Waals surface area contributed by atoms with Crippen LogP contribution in [0.3, 0.4) is 0 Å². The molecule has 1 aromatic carbocycles. The number of hydrogen-bond donors (Lipinski definition) is 1. The Hall–Kier alpha value is -1.54. The van der Waals surface area contributed by atoms with Crippen molar-refractivity contribution in [3.8, 4) is 11.1 Å². The summed E-state index contributed by atoms with van der Waals surface area (Å²) < 4.78 is 5.09. The molecule has 0 aliphatic heterocycles. The maximum Gasteiger partial charge on any atom is 0.0980 e. The third kappa shape index (κ3) is 2.77. The summed E-state index contributed by atoms with van der Waals surface area (Å²) in [6, 6.07) is 11.1. The molecule has 1 atom stereocenters. The summed E-state index contributed by atoms with van der Waals surface area (Å²) in [5, 5.41) is 3.48. The van der Waals surface area contributed by atoms with Crippen molar-refractivity contribution in [3.63, 3.8) is 0 Å². The standard InChI is InChI=1S/C15H19NO/c1-3-15(16-4-2)13-7-5-12(6-8-13)14-9-10-17-11-14/h5-11,15-16H,3-4H2,1-2H3. The van der Waals surface area contributed by atoms with E-state index in [0.29, 0.717) is 6.04 Å². The minimum Gasteiger partial charge on any atom is -0.472 e. The zero-order chi connectivity index (χ0) is 12.1. The SMILES string of the molecule is CCNC(CC)c1ccc(-c2ccoc2)cc1. The number of hydrogen-bond acceptors (Lipinski definition) is 2. The minimum absolute atomic E-state index is 0.457. The van der Waals surface area contributed by atoms with Crippen LogP contribution in [0.2, 0.25) is 0 Å². The molecule has 1 heterocycles. The lowest BCUT2D eigenvalue weighted by Gasteiger charge is -2.16. The topological polar surface area (TPSA) is 25.2 Å². The molecule has 0 bridgehead atoms. The maximum atomic E-state index is 5.09. The first-order valence-electron chi connectivity index (χ1n) is 6.21.